The predicted molar refractivity (Wildman–Crippen MR) is 88.6 cm³/mol. The lowest BCUT2D eigenvalue weighted by Crippen LogP contribution is -2.37. The molecule has 2 aromatic rings. The molecule has 0 aliphatic heterocycles. The molecule has 1 N–H and O–H groups in total. The molecule has 0 spiro atoms. The molecule has 0 aliphatic carbocycles. The Labute approximate surface area is 127 Å². The van der Waals surface area contributed by atoms with Crippen molar-refractivity contribution in [2.24, 2.45) is 0 Å². The Morgan fingerprint density at radius 1 is 1.14 bits per heavy atom. The van der Waals surface area contributed by atoms with Gasteiger partial charge in [-0.15, -0.1) is 0 Å². The predicted octanol–water partition coefficient (Wildman–Crippen LogP) is 3.57. The fraction of sp³-hybridized carbons (Fsp3) is 0.500. The van der Waals surface area contributed by atoms with E-state index < -0.39 is 0 Å². The summed E-state index contributed by atoms with van der Waals surface area (Å²) in [7, 11) is 0. The van der Waals surface area contributed by atoms with Crippen molar-refractivity contribution in [3.8, 4) is 0 Å². The van der Waals surface area contributed by atoms with Gasteiger partial charge in [-0.3, -0.25) is 4.98 Å². The van der Waals surface area contributed by atoms with Gasteiger partial charge in [-0.1, -0.05) is 31.2 Å². The van der Waals surface area contributed by atoms with E-state index >= 15 is 0 Å². The van der Waals surface area contributed by atoms with E-state index in [0.29, 0.717) is 6.04 Å². The van der Waals surface area contributed by atoms with Crippen LogP contribution in [0.15, 0.2) is 36.4 Å². The molecule has 1 aromatic carbocycles. The Hall–Kier alpha value is -1.45. The highest BCUT2D eigenvalue weighted by Gasteiger charge is 2.11. The molecule has 114 valence electrons. The number of hydrogen-bond acceptors (Lipinski definition) is 3. The van der Waals surface area contributed by atoms with Crippen LogP contribution < -0.4 is 5.32 Å². The molecule has 21 heavy (non-hydrogen) atoms. The molecule has 0 saturated carbocycles. The lowest BCUT2D eigenvalue weighted by Gasteiger charge is -2.20. The number of pyridine rings is 1. The Morgan fingerprint density at radius 3 is 2.71 bits per heavy atom. The van der Waals surface area contributed by atoms with Crippen LogP contribution in [0, 0.1) is 0 Å². The van der Waals surface area contributed by atoms with Crippen molar-refractivity contribution < 1.29 is 4.74 Å². The largest absolute Gasteiger partial charge is 0.377 e. The first kappa shape index (κ1) is 15.9. The summed E-state index contributed by atoms with van der Waals surface area (Å²) in [6.45, 7) is 8.07. The van der Waals surface area contributed by atoms with Gasteiger partial charge in [0.15, 0.2) is 0 Å². The second kappa shape index (κ2) is 8.11. The number of fused-ring (bicyclic) bond motifs is 1. The van der Waals surface area contributed by atoms with Crippen molar-refractivity contribution in [1.82, 2.24) is 10.3 Å². The van der Waals surface area contributed by atoms with Crippen LogP contribution >= 0.6 is 0 Å². The van der Waals surface area contributed by atoms with Crippen molar-refractivity contribution in [2.45, 2.75) is 45.8 Å². The smallest absolute Gasteiger partial charge is 0.0705 e. The molecule has 1 unspecified atom stereocenters. The maximum Gasteiger partial charge on any atom is 0.0705 e. The number of benzene rings is 1. The van der Waals surface area contributed by atoms with Gasteiger partial charge in [0.25, 0.3) is 0 Å². The highest BCUT2D eigenvalue weighted by atomic mass is 16.5. The minimum absolute atomic E-state index is 0.264. The third-order valence-corrected chi connectivity index (χ3v) is 3.43. The van der Waals surface area contributed by atoms with Crippen LogP contribution in [0.4, 0.5) is 0 Å². The second-order valence-electron chi connectivity index (χ2n) is 5.73. The normalized spacial score (nSPS) is 13.0. The van der Waals surface area contributed by atoms with E-state index in [2.05, 4.69) is 50.4 Å². The first-order valence-corrected chi connectivity index (χ1v) is 7.88. The summed E-state index contributed by atoms with van der Waals surface area (Å²) in [5.74, 6) is 0. The molecular formula is C18H26N2O. The SMILES string of the molecule is CCCNC(COC(C)C)Cc1ccc2ccccc2n1. The van der Waals surface area contributed by atoms with Crippen LogP contribution in [-0.4, -0.2) is 30.3 Å². The number of nitrogens with one attached hydrogen (secondary N) is 1. The first-order chi connectivity index (χ1) is 10.2. The molecule has 3 nitrogen and oxygen atoms in total. The average Bonchev–Trinajstić information content (AvgIpc) is 2.49. The van der Waals surface area contributed by atoms with Crippen molar-refractivity contribution >= 4 is 10.9 Å². The Kier molecular flexibility index (Phi) is 6.15. The van der Waals surface area contributed by atoms with Crippen LogP contribution in [0.1, 0.15) is 32.9 Å². The number of nitrogens with zero attached hydrogens (tertiary/aromatic N) is 1. The summed E-state index contributed by atoms with van der Waals surface area (Å²) >= 11 is 0. The molecule has 0 amide bonds. The van der Waals surface area contributed by atoms with Crippen LogP contribution in [-0.2, 0) is 11.2 Å². The molecule has 3 heteroatoms. The van der Waals surface area contributed by atoms with Gasteiger partial charge in [0.05, 0.1) is 18.2 Å². The third kappa shape index (κ3) is 5.10. The topological polar surface area (TPSA) is 34.1 Å². The standard InChI is InChI=1S/C18H26N2O/c1-4-11-19-17(13-21-14(2)3)12-16-10-9-15-7-5-6-8-18(15)20-16/h5-10,14,17,19H,4,11-13H2,1-3H3. The van der Waals surface area contributed by atoms with Crippen LogP contribution in [0.25, 0.3) is 10.9 Å². The van der Waals surface area contributed by atoms with E-state index in [1.165, 1.54) is 5.39 Å². The van der Waals surface area contributed by atoms with Crippen LogP contribution in [0.5, 0.6) is 0 Å². The highest BCUT2D eigenvalue weighted by Crippen LogP contribution is 2.13. The van der Waals surface area contributed by atoms with E-state index in [1.807, 2.05) is 12.1 Å². The van der Waals surface area contributed by atoms with E-state index in [1.54, 1.807) is 0 Å². The summed E-state index contributed by atoms with van der Waals surface area (Å²) in [6.07, 6.45) is 2.29. The fourth-order valence-corrected chi connectivity index (χ4v) is 2.32. The van der Waals surface area contributed by atoms with Crippen molar-refractivity contribution in [3.63, 3.8) is 0 Å². The molecule has 1 atom stereocenters. The van der Waals surface area contributed by atoms with Gasteiger partial charge in [0, 0.05) is 23.5 Å². The Morgan fingerprint density at radius 2 is 1.95 bits per heavy atom. The Balaban J connectivity index is 2.05. The van der Waals surface area contributed by atoms with Gasteiger partial charge in [0.2, 0.25) is 0 Å². The summed E-state index contributed by atoms with van der Waals surface area (Å²) in [6, 6.07) is 12.8. The molecule has 2 rings (SSSR count). The monoisotopic (exact) mass is 286 g/mol. The number of ether oxygens (including phenoxy) is 1. The Bertz CT molecular complexity index is 554. The minimum atomic E-state index is 0.264. The maximum atomic E-state index is 5.77. The summed E-state index contributed by atoms with van der Waals surface area (Å²) in [4.78, 5) is 4.75. The van der Waals surface area contributed by atoms with E-state index in [-0.39, 0.29) is 6.10 Å². The summed E-state index contributed by atoms with van der Waals surface area (Å²) < 4.78 is 5.77. The van der Waals surface area contributed by atoms with E-state index in [9.17, 15) is 0 Å². The van der Waals surface area contributed by atoms with Gasteiger partial charge in [-0.05, 0) is 38.9 Å². The molecule has 1 aromatic heterocycles. The van der Waals surface area contributed by atoms with Crippen molar-refractivity contribution in [1.29, 1.82) is 0 Å². The second-order valence-corrected chi connectivity index (χ2v) is 5.73. The van der Waals surface area contributed by atoms with Crippen LogP contribution in [0.2, 0.25) is 0 Å². The zero-order valence-corrected chi connectivity index (χ0v) is 13.3. The fourth-order valence-electron chi connectivity index (χ4n) is 2.32. The molecule has 0 saturated heterocycles. The molecule has 0 bridgehead atoms. The third-order valence-electron chi connectivity index (χ3n) is 3.43. The molecule has 0 fully saturated rings. The quantitative estimate of drug-likeness (QED) is 0.805. The van der Waals surface area contributed by atoms with E-state index in [0.717, 1.165) is 37.2 Å². The zero-order valence-electron chi connectivity index (χ0n) is 13.3. The van der Waals surface area contributed by atoms with Crippen molar-refractivity contribution in [2.75, 3.05) is 13.2 Å². The number of para-hydroxylation sites is 1. The zero-order chi connectivity index (χ0) is 15.1. The highest BCUT2D eigenvalue weighted by molar-refractivity contribution is 5.78. The number of hydrogen-bond donors (Lipinski definition) is 1. The van der Waals surface area contributed by atoms with E-state index in [4.69, 9.17) is 9.72 Å². The van der Waals surface area contributed by atoms with Gasteiger partial charge < -0.3 is 10.1 Å². The summed E-state index contributed by atoms with van der Waals surface area (Å²) in [5, 5.41) is 4.75. The number of aromatic nitrogens is 1. The maximum absolute atomic E-state index is 5.77. The summed E-state index contributed by atoms with van der Waals surface area (Å²) in [5.41, 5.74) is 2.18. The van der Waals surface area contributed by atoms with Gasteiger partial charge in [-0.2, -0.15) is 0 Å². The minimum Gasteiger partial charge on any atom is -0.377 e. The first-order valence-electron chi connectivity index (χ1n) is 7.88. The van der Waals surface area contributed by atoms with Gasteiger partial charge >= 0.3 is 0 Å². The molecular weight excluding hydrogens is 260 g/mol. The molecule has 0 radical (unpaired) electrons. The molecule has 1 heterocycles. The number of rotatable bonds is 8. The lowest BCUT2D eigenvalue weighted by atomic mass is 10.1. The van der Waals surface area contributed by atoms with Crippen LogP contribution in [0.3, 0.4) is 0 Å². The van der Waals surface area contributed by atoms with Crippen molar-refractivity contribution in [3.05, 3.63) is 42.1 Å². The van der Waals surface area contributed by atoms with Gasteiger partial charge in [-0.25, -0.2) is 0 Å². The average molecular weight is 286 g/mol. The molecule has 0 aliphatic rings. The van der Waals surface area contributed by atoms with Gasteiger partial charge in [0.1, 0.15) is 0 Å². The lowest BCUT2D eigenvalue weighted by molar-refractivity contribution is 0.0611.